The zero-order valence-corrected chi connectivity index (χ0v) is 11.4. The summed E-state index contributed by atoms with van der Waals surface area (Å²) in [7, 11) is -3.68. The van der Waals surface area contributed by atoms with E-state index >= 15 is 0 Å². The molecule has 1 amide bonds. The quantitative estimate of drug-likeness (QED) is 0.806. The minimum atomic E-state index is -3.68. The van der Waals surface area contributed by atoms with Gasteiger partial charge >= 0.3 is 0 Å². The van der Waals surface area contributed by atoms with Crippen molar-refractivity contribution >= 4 is 15.9 Å². The topological polar surface area (TPSA) is 101 Å². The van der Waals surface area contributed by atoms with Crippen LogP contribution in [0.15, 0.2) is 23.1 Å². The maximum absolute atomic E-state index is 12.3. The Labute approximate surface area is 111 Å². The SMILES string of the molecule is Cc1ccc(S(=O)(=O)N2CC[C@@H](O)C2)cc1C(N)=O. The number of aryl methyl sites for hydroxylation is 1. The molecule has 3 N–H and O–H groups in total. The number of carbonyl (C=O) groups excluding carboxylic acids is 1. The van der Waals surface area contributed by atoms with Gasteiger partial charge in [0.15, 0.2) is 0 Å². The maximum Gasteiger partial charge on any atom is 0.249 e. The van der Waals surface area contributed by atoms with Gasteiger partial charge in [-0.15, -0.1) is 0 Å². The van der Waals surface area contributed by atoms with Crippen LogP contribution in [0.1, 0.15) is 22.3 Å². The molecule has 0 bridgehead atoms. The summed E-state index contributed by atoms with van der Waals surface area (Å²) in [5.74, 6) is -0.656. The summed E-state index contributed by atoms with van der Waals surface area (Å²) in [6.45, 7) is 2.06. The number of aliphatic hydroxyl groups excluding tert-OH is 1. The van der Waals surface area contributed by atoms with Crippen LogP contribution in [0.25, 0.3) is 0 Å². The molecule has 104 valence electrons. The van der Waals surface area contributed by atoms with E-state index in [1.54, 1.807) is 13.0 Å². The fourth-order valence-corrected chi connectivity index (χ4v) is 3.62. The number of hydrogen-bond acceptors (Lipinski definition) is 4. The van der Waals surface area contributed by atoms with Gasteiger partial charge in [0.25, 0.3) is 0 Å². The monoisotopic (exact) mass is 284 g/mol. The minimum Gasteiger partial charge on any atom is -0.392 e. The van der Waals surface area contributed by atoms with E-state index in [4.69, 9.17) is 5.73 Å². The summed E-state index contributed by atoms with van der Waals surface area (Å²) < 4.78 is 25.9. The van der Waals surface area contributed by atoms with E-state index in [0.29, 0.717) is 12.0 Å². The maximum atomic E-state index is 12.3. The number of carbonyl (C=O) groups is 1. The van der Waals surface area contributed by atoms with Gasteiger partial charge in [-0.1, -0.05) is 6.07 Å². The molecule has 1 aliphatic heterocycles. The summed E-state index contributed by atoms with van der Waals surface area (Å²) in [4.78, 5) is 11.3. The number of primary amides is 1. The van der Waals surface area contributed by atoms with Crippen molar-refractivity contribution in [3.8, 4) is 0 Å². The number of hydrogen-bond donors (Lipinski definition) is 2. The first-order chi connectivity index (χ1) is 8.82. The van der Waals surface area contributed by atoms with Crippen LogP contribution >= 0.6 is 0 Å². The summed E-state index contributed by atoms with van der Waals surface area (Å²) in [6.07, 6.45) is -0.204. The highest BCUT2D eigenvalue weighted by atomic mass is 32.2. The minimum absolute atomic E-state index is 0.0287. The number of benzene rings is 1. The highest BCUT2D eigenvalue weighted by molar-refractivity contribution is 7.89. The van der Waals surface area contributed by atoms with E-state index in [0.717, 1.165) is 0 Å². The Morgan fingerprint density at radius 1 is 1.47 bits per heavy atom. The second-order valence-electron chi connectivity index (χ2n) is 4.65. The van der Waals surface area contributed by atoms with Crippen molar-refractivity contribution in [1.82, 2.24) is 4.31 Å². The Morgan fingerprint density at radius 3 is 2.68 bits per heavy atom. The molecule has 0 unspecified atom stereocenters. The number of sulfonamides is 1. The van der Waals surface area contributed by atoms with Crippen LogP contribution in [-0.4, -0.2) is 42.9 Å². The molecule has 1 aromatic carbocycles. The highest BCUT2D eigenvalue weighted by Gasteiger charge is 2.31. The summed E-state index contributed by atoms with van der Waals surface area (Å²) in [5, 5.41) is 9.42. The number of β-amino-alcohol motifs (C(OH)–C–C–N with tert-alkyl or cyclic N) is 1. The molecule has 2 rings (SSSR count). The molecule has 1 heterocycles. The van der Waals surface area contributed by atoms with E-state index < -0.39 is 22.0 Å². The molecule has 1 atom stereocenters. The van der Waals surface area contributed by atoms with Gasteiger partial charge in [0.1, 0.15) is 0 Å². The van der Waals surface area contributed by atoms with Crippen LogP contribution < -0.4 is 5.73 Å². The predicted molar refractivity (Wildman–Crippen MR) is 69.1 cm³/mol. The van der Waals surface area contributed by atoms with Gasteiger partial charge in [0, 0.05) is 18.7 Å². The van der Waals surface area contributed by atoms with Crippen molar-refractivity contribution in [3.63, 3.8) is 0 Å². The van der Waals surface area contributed by atoms with Crippen LogP contribution in [0.3, 0.4) is 0 Å². The number of nitrogens with zero attached hydrogens (tertiary/aromatic N) is 1. The molecule has 19 heavy (non-hydrogen) atoms. The largest absolute Gasteiger partial charge is 0.392 e. The van der Waals surface area contributed by atoms with E-state index in [9.17, 15) is 18.3 Å². The molecule has 0 aliphatic carbocycles. The molecule has 1 saturated heterocycles. The lowest BCUT2D eigenvalue weighted by Crippen LogP contribution is -2.30. The van der Waals surface area contributed by atoms with Gasteiger partial charge in [-0.3, -0.25) is 4.79 Å². The number of aliphatic hydroxyl groups is 1. The Morgan fingerprint density at radius 2 is 2.16 bits per heavy atom. The van der Waals surface area contributed by atoms with Gasteiger partial charge in [0.2, 0.25) is 15.9 Å². The predicted octanol–water partition coefficient (Wildman–Crippen LogP) is -0.151. The lowest BCUT2D eigenvalue weighted by molar-refractivity contribution is 0.0999. The van der Waals surface area contributed by atoms with Crippen LogP contribution in [0.2, 0.25) is 0 Å². The van der Waals surface area contributed by atoms with Crippen LogP contribution in [0.4, 0.5) is 0 Å². The van der Waals surface area contributed by atoms with Crippen LogP contribution in [0, 0.1) is 6.92 Å². The molecule has 6 nitrogen and oxygen atoms in total. The molecule has 1 fully saturated rings. The second kappa shape index (κ2) is 4.92. The Bertz CT molecular complexity index is 612. The molecule has 0 spiro atoms. The van der Waals surface area contributed by atoms with Crippen molar-refractivity contribution < 1.29 is 18.3 Å². The zero-order valence-electron chi connectivity index (χ0n) is 10.5. The van der Waals surface area contributed by atoms with Gasteiger partial charge in [-0.25, -0.2) is 8.42 Å². The first-order valence-corrected chi connectivity index (χ1v) is 7.35. The van der Waals surface area contributed by atoms with Crippen LogP contribution in [0.5, 0.6) is 0 Å². The Balaban J connectivity index is 2.41. The molecule has 1 aliphatic rings. The Kier molecular flexibility index (Phi) is 3.62. The summed E-state index contributed by atoms with van der Waals surface area (Å²) >= 11 is 0. The molecule has 0 radical (unpaired) electrons. The van der Waals surface area contributed by atoms with E-state index in [2.05, 4.69) is 0 Å². The van der Waals surface area contributed by atoms with Crippen molar-refractivity contribution in [3.05, 3.63) is 29.3 Å². The number of nitrogens with two attached hydrogens (primary N) is 1. The summed E-state index contributed by atoms with van der Waals surface area (Å²) in [5.41, 5.74) is 6.04. The molecular formula is C12H16N2O4S. The Hall–Kier alpha value is -1.44. The third-order valence-corrected chi connectivity index (χ3v) is 5.10. The lowest BCUT2D eigenvalue weighted by atomic mass is 10.1. The van der Waals surface area contributed by atoms with Gasteiger partial charge in [0.05, 0.1) is 11.0 Å². The third-order valence-electron chi connectivity index (χ3n) is 3.24. The van der Waals surface area contributed by atoms with E-state index in [1.165, 1.54) is 16.4 Å². The third kappa shape index (κ3) is 2.63. The molecule has 7 heteroatoms. The van der Waals surface area contributed by atoms with Crippen molar-refractivity contribution in [2.45, 2.75) is 24.3 Å². The van der Waals surface area contributed by atoms with E-state index in [1.807, 2.05) is 0 Å². The standard InChI is InChI=1S/C12H16N2O4S/c1-8-2-3-10(6-11(8)12(13)16)19(17,18)14-5-4-9(15)7-14/h2-3,6,9,15H,4-5,7H2,1H3,(H2,13,16)/t9-/m1/s1. The van der Waals surface area contributed by atoms with Gasteiger partial charge in [-0.2, -0.15) is 4.31 Å². The number of amides is 1. The first kappa shape index (κ1) is 14.0. The van der Waals surface area contributed by atoms with E-state index in [-0.39, 0.29) is 23.5 Å². The highest BCUT2D eigenvalue weighted by Crippen LogP contribution is 2.23. The van der Waals surface area contributed by atoms with Crippen molar-refractivity contribution in [1.29, 1.82) is 0 Å². The second-order valence-corrected chi connectivity index (χ2v) is 6.58. The average Bonchev–Trinajstić information content (AvgIpc) is 2.76. The average molecular weight is 284 g/mol. The molecule has 0 aromatic heterocycles. The molecule has 0 saturated carbocycles. The molecular weight excluding hydrogens is 268 g/mol. The zero-order chi connectivity index (χ0) is 14.2. The fourth-order valence-electron chi connectivity index (χ4n) is 2.11. The smallest absolute Gasteiger partial charge is 0.249 e. The van der Waals surface area contributed by atoms with Gasteiger partial charge < -0.3 is 10.8 Å². The lowest BCUT2D eigenvalue weighted by Gasteiger charge is -2.16. The molecule has 1 aromatic rings. The first-order valence-electron chi connectivity index (χ1n) is 5.91. The van der Waals surface area contributed by atoms with Crippen LogP contribution in [-0.2, 0) is 10.0 Å². The van der Waals surface area contributed by atoms with Crippen molar-refractivity contribution in [2.75, 3.05) is 13.1 Å². The normalized spacial score (nSPS) is 20.6. The fraction of sp³-hybridized carbons (Fsp3) is 0.417. The number of rotatable bonds is 3. The summed E-state index contributed by atoms with van der Waals surface area (Å²) in [6, 6.07) is 4.29. The van der Waals surface area contributed by atoms with Gasteiger partial charge in [-0.05, 0) is 31.0 Å². The van der Waals surface area contributed by atoms with Crippen molar-refractivity contribution in [2.24, 2.45) is 5.73 Å².